The Kier molecular flexibility index (Phi) is 34.3. The zero-order chi connectivity index (χ0) is 41.8. The van der Waals surface area contributed by atoms with Gasteiger partial charge in [-0.3, -0.25) is 18.6 Å². The molecule has 4 atom stereocenters. The van der Waals surface area contributed by atoms with Crippen LogP contribution in [0.15, 0.2) is 60.8 Å². The van der Waals surface area contributed by atoms with E-state index < -0.39 is 44.7 Å². The Morgan fingerprint density at radius 1 is 0.643 bits per heavy atom. The van der Waals surface area contributed by atoms with Crippen molar-refractivity contribution in [2.45, 2.75) is 161 Å². The van der Waals surface area contributed by atoms with Crippen LogP contribution in [0.4, 0.5) is 0 Å². The molecule has 0 rings (SSSR count). The summed E-state index contributed by atoms with van der Waals surface area (Å²) < 4.78 is 34.1. The second kappa shape index (κ2) is 35.8. The van der Waals surface area contributed by atoms with Crippen molar-refractivity contribution in [3.8, 4) is 0 Å². The van der Waals surface area contributed by atoms with Crippen molar-refractivity contribution < 1.29 is 52.3 Å². The second-order valence-corrected chi connectivity index (χ2v) is 16.8. The minimum atomic E-state index is -4.43. The first kappa shape index (κ1) is 53.6. The van der Waals surface area contributed by atoms with Crippen LogP contribution in [-0.4, -0.2) is 97.3 Å². The number of carbonyl (C=O) groups excluding carboxylic acids is 2. The van der Waals surface area contributed by atoms with Gasteiger partial charge >= 0.3 is 19.8 Å². The molecule has 1 unspecified atom stereocenters. The SMILES string of the molecule is CC/C=C\C/C=C\C/C=C\C/C=C\CCCCC(=O)OC[C@H](COP(=O)(O)OCC[N+](C)(C)C)OC(=O)CCCCCCC[C@H](O)[C@@H](O)C/C=C\CCCCC. The van der Waals surface area contributed by atoms with Crippen LogP contribution in [0.2, 0.25) is 0 Å². The summed E-state index contributed by atoms with van der Waals surface area (Å²) in [7, 11) is 1.35. The van der Waals surface area contributed by atoms with Gasteiger partial charge in [-0.15, -0.1) is 0 Å². The third-order valence-electron chi connectivity index (χ3n) is 8.73. The van der Waals surface area contributed by atoms with Crippen LogP contribution >= 0.6 is 7.82 Å². The van der Waals surface area contributed by atoms with Crippen molar-refractivity contribution in [3.63, 3.8) is 0 Å². The van der Waals surface area contributed by atoms with E-state index in [1.54, 1.807) is 0 Å². The summed E-state index contributed by atoms with van der Waals surface area (Å²) in [4.78, 5) is 35.3. The van der Waals surface area contributed by atoms with Gasteiger partial charge in [0, 0.05) is 12.8 Å². The zero-order valence-electron chi connectivity index (χ0n) is 35.6. The molecule has 0 bridgehead atoms. The molecule has 0 saturated carbocycles. The van der Waals surface area contributed by atoms with Crippen molar-refractivity contribution in [3.05, 3.63) is 60.8 Å². The number of nitrogens with zero attached hydrogens (tertiary/aromatic N) is 1. The number of aliphatic hydroxyl groups excluding tert-OH is 2. The average molecular weight is 813 g/mol. The number of quaternary nitrogens is 1. The molecule has 0 aliphatic carbocycles. The Labute approximate surface area is 340 Å². The van der Waals surface area contributed by atoms with Gasteiger partial charge in [0.25, 0.3) is 0 Å². The number of carbonyl (C=O) groups is 2. The number of ether oxygens (including phenoxy) is 2. The van der Waals surface area contributed by atoms with Gasteiger partial charge in [-0.05, 0) is 77.0 Å². The van der Waals surface area contributed by atoms with Crippen molar-refractivity contribution in [1.29, 1.82) is 0 Å². The molecule has 0 amide bonds. The molecule has 3 N–H and O–H groups in total. The van der Waals surface area contributed by atoms with Crippen molar-refractivity contribution in [1.82, 2.24) is 0 Å². The lowest BCUT2D eigenvalue weighted by atomic mass is 10.0. The van der Waals surface area contributed by atoms with Gasteiger partial charge in [0.15, 0.2) is 6.10 Å². The molecular weight excluding hydrogens is 733 g/mol. The summed E-state index contributed by atoms with van der Waals surface area (Å²) in [6.07, 6.45) is 34.4. The minimum absolute atomic E-state index is 0.00624. The maximum Gasteiger partial charge on any atom is 0.472 e. The summed E-state index contributed by atoms with van der Waals surface area (Å²) in [5.74, 6) is -0.966. The summed E-state index contributed by atoms with van der Waals surface area (Å²) in [5, 5.41) is 20.5. The zero-order valence-corrected chi connectivity index (χ0v) is 36.5. The summed E-state index contributed by atoms with van der Waals surface area (Å²) >= 11 is 0. The van der Waals surface area contributed by atoms with Crippen LogP contribution < -0.4 is 0 Å². The lowest BCUT2D eigenvalue weighted by Crippen LogP contribution is -2.37. The summed E-state index contributed by atoms with van der Waals surface area (Å²) in [6.45, 7) is 3.99. The lowest BCUT2D eigenvalue weighted by molar-refractivity contribution is -0.870. The van der Waals surface area contributed by atoms with Gasteiger partial charge in [-0.2, -0.15) is 0 Å². The molecule has 0 spiro atoms. The highest BCUT2D eigenvalue weighted by molar-refractivity contribution is 7.47. The van der Waals surface area contributed by atoms with E-state index in [-0.39, 0.29) is 26.1 Å². The lowest BCUT2D eigenvalue weighted by Gasteiger charge is -2.24. The molecule has 0 radical (unpaired) electrons. The maximum absolute atomic E-state index is 12.7. The van der Waals surface area contributed by atoms with E-state index >= 15 is 0 Å². The van der Waals surface area contributed by atoms with Gasteiger partial charge < -0.3 is 29.1 Å². The quantitative estimate of drug-likeness (QED) is 0.0182. The molecule has 0 aromatic heterocycles. The molecule has 56 heavy (non-hydrogen) atoms. The molecule has 12 heteroatoms. The highest BCUT2D eigenvalue weighted by Gasteiger charge is 2.27. The normalized spacial score (nSPS) is 15.4. The third kappa shape index (κ3) is 37.2. The summed E-state index contributed by atoms with van der Waals surface area (Å²) in [5.41, 5.74) is 0. The van der Waals surface area contributed by atoms with Crippen LogP contribution in [0.1, 0.15) is 142 Å². The number of unbranched alkanes of at least 4 members (excludes halogenated alkanes) is 9. The van der Waals surface area contributed by atoms with Crippen LogP contribution in [-0.2, 0) is 32.7 Å². The maximum atomic E-state index is 12.7. The third-order valence-corrected chi connectivity index (χ3v) is 9.72. The Morgan fingerprint density at radius 2 is 1.20 bits per heavy atom. The van der Waals surface area contributed by atoms with Crippen LogP contribution in [0.25, 0.3) is 0 Å². The predicted octanol–water partition coefficient (Wildman–Crippen LogP) is 9.63. The fourth-order valence-electron chi connectivity index (χ4n) is 5.26. The molecule has 0 aliphatic heterocycles. The fourth-order valence-corrected chi connectivity index (χ4v) is 6.00. The number of likely N-dealkylation sites (N-methyl/N-ethyl adjacent to an activating group) is 1. The van der Waals surface area contributed by atoms with E-state index in [4.69, 9.17) is 18.5 Å². The van der Waals surface area contributed by atoms with E-state index in [2.05, 4.69) is 68.5 Å². The van der Waals surface area contributed by atoms with E-state index in [0.717, 1.165) is 77.0 Å². The largest absolute Gasteiger partial charge is 0.472 e. The first-order chi connectivity index (χ1) is 26.8. The summed E-state index contributed by atoms with van der Waals surface area (Å²) in [6, 6.07) is 0. The fraction of sp³-hybridized carbons (Fsp3) is 0.727. The minimum Gasteiger partial charge on any atom is -0.462 e. The van der Waals surface area contributed by atoms with Crippen LogP contribution in [0, 0.1) is 0 Å². The molecule has 0 heterocycles. The number of hydrogen-bond acceptors (Lipinski definition) is 9. The number of hydrogen-bond donors (Lipinski definition) is 3. The molecular formula is C44H79NO10P+. The average Bonchev–Trinajstić information content (AvgIpc) is 3.14. The first-order valence-corrected chi connectivity index (χ1v) is 22.7. The van der Waals surface area contributed by atoms with E-state index in [1.165, 1.54) is 12.8 Å². The van der Waals surface area contributed by atoms with Gasteiger partial charge in [0.2, 0.25) is 0 Å². The number of phosphoric acid groups is 1. The first-order valence-electron chi connectivity index (χ1n) is 21.2. The van der Waals surface area contributed by atoms with E-state index in [0.29, 0.717) is 36.7 Å². The van der Waals surface area contributed by atoms with E-state index in [1.807, 2.05) is 27.2 Å². The van der Waals surface area contributed by atoms with Gasteiger partial charge in [-0.1, -0.05) is 113 Å². The molecule has 11 nitrogen and oxygen atoms in total. The topological polar surface area (TPSA) is 149 Å². The highest BCUT2D eigenvalue weighted by atomic mass is 31.2. The monoisotopic (exact) mass is 813 g/mol. The van der Waals surface area contributed by atoms with E-state index in [9.17, 15) is 29.3 Å². The van der Waals surface area contributed by atoms with Gasteiger partial charge in [0.05, 0.1) is 40.0 Å². The Bertz CT molecular complexity index is 1180. The molecule has 0 fully saturated rings. The van der Waals surface area contributed by atoms with Gasteiger partial charge in [-0.25, -0.2) is 4.57 Å². The Morgan fingerprint density at radius 3 is 1.84 bits per heavy atom. The Hall–Kier alpha value is -2.37. The van der Waals surface area contributed by atoms with Crippen molar-refractivity contribution in [2.75, 3.05) is 47.5 Å². The number of allylic oxidation sites excluding steroid dienone is 9. The standard InChI is InChI=1S/C44H78NO10P/c1-6-8-10-12-14-15-16-17-18-19-20-21-22-26-30-34-43(48)52-38-40(39-54-56(50,51)53-37-36-45(3,4)5)55-44(49)35-31-27-23-25-29-33-42(47)41(46)32-28-24-13-11-9-7-2/h8,10,14-15,17-18,20-21,24,28,40-42,46-47H,6-7,9,11-13,16,19,22-23,25-27,29-39H2,1-5H3/p+1/b10-8-,15-14-,18-17-,21-20-,28-24-/t40-,41+,42+/m1/s1. The number of phosphoric ester groups is 1. The van der Waals surface area contributed by atoms with Crippen LogP contribution in [0.3, 0.4) is 0 Å². The second-order valence-electron chi connectivity index (χ2n) is 15.3. The van der Waals surface area contributed by atoms with Crippen molar-refractivity contribution >= 4 is 19.8 Å². The molecule has 0 aromatic rings. The molecule has 0 aliphatic rings. The Balaban J connectivity index is 4.59. The predicted molar refractivity (Wildman–Crippen MR) is 227 cm³/mol. The smallest absolute Gasteiger partial charge is 0.462 e. The molecule has 0 aromatic carbocycles. The number of rotatable bonds is 37. The van der Waals surface area contributed by atoms with Gasteiger partial charge in [0.1, 0.15) is 19.8 Å². The number of aliphatic hydroxyl groups is 2. The van der Waals surface area contributed by atoms with Crippen LogP contribution in [0.5, 0.6) is 0 Å². The van der Waals surface area contributed by atoms with Crippen molar-refractivity contribution in [2.24, 2.45) is 0 Å². The molecule has 0 saturated heterocycles. The highest BCUT2D eigenvalue weighted by Crippen LogP contribution is 2.43. The molecule has 324 valence electrons. The number of esters is 2.